The van der Waals surface area contributed by atoms with Gasteiger partial charge in [0.2, 0.25) is 5.76 Å². The lowest BCUT2D eigenvalue weighted by molar-refractivity contribution is -0.141. The van der Waals surface area contributed by atoms with Crippen molar-refractivity contribution in [3.8, 4) is 0 Å². The average molecular weight is 420 g/mol. The van der Waals surface area contributed by atoms with E-state index in [1.807, 2.05) is 0 Å². The van der Waals surface area contributed by atoms with Crippen LogP contribution in [0.4, 0.5) is 17.6 Å². The molecule has 4 aromatic heterocycles. The van der Waals surface area contributed by atoms with Crippen molar-refractivity contribution in [1.82, 2.24) is 29.5 Å². The molecule has 0 bridgehead atoms. The van der Waals surface area contributed by atoms with Crippen LogP contribution in [0.2, 0.25) is 0 Å². The number of hydrogen-bond acceptors (Lipinski definition) is 5. The Bertz CT molecular complexity index is 1260. The van der Waals surface area contributed by atoms with E-state index in [4.69, 9.17) is 4.42 Å². The fraction of sp³-hybridized carbons (Fsp3) is 0.222. The van der Waals surface area contributed by atoms with Crippen molar-refractivity contribution in [2.75, 3.05) is 6.54 Å². The smallest absolute Gasteiger partial charge is 0.437 e. The number of aromatic nitrogens is 5. The second-order valence-corrected chi connectivity index (χ2v) is 6.70. The van der Waals surface area contributed by atoms with E-state index >= 15 is 0 Å². The molecule has 154 valence electrons. The summed E-state index contributed by atoms with van der Waals surface area (Å²) in [4.78, 5) is 24.6. The first-order valence-corrected chi connectivity index (χ1v) is 8.82. The number of hydrogen-bond donors (Lipinski definition) is 1. The third kappa shape index (κ3) is 2.75. The van der Waals surface area contributed by atoms with Crippen LogP contribution < -0.4 is 0 Å². The van der Waals surface area contributed by atoms with E-state index in [-0.39, 0.29) is 17.8 Å². The summed E-state index contributed by atoms with van der Waals surface area (Å²) >= 11 is 0. The SMILES string of the molecule is O=C(c1ocnc1C(F)(F)F)N1CCc2[nH]cnc2[C@@H]1c1cc2c(F)cccn2n1. The Morgan fingerprint density at radius 3 is 2.90 bits per heavy atom. The molecular formula is C18H12F4N6O2. The lowest BCUT2D eigenvalue weighted by Gasteiger charge is -2.33. The first-order valence-electron chi connectivity index (χ1n) is 8.82. The normalized spacial score (nSPS) is 16.8. The maximum Gasteiger partial charge on any atom is 0.437 e. The summed E-state index contributed by atoms with van der Waals surface area (Å²) in [7, 11) is 0. The van der Waals surface area contributed by atoms with Gasteiger partial charge in [-0.1, -0.05) is 0 Å². The Labute approximate surface area is 165 Å². The third-order valence-electron chi connectivity index (χ3n) is 4.97. The number of nitrogens with zero attached hydrogens (tertiary/aromatic N) is 5. The van der Waals surface area contributed by atoms with Crippen molar-refractivity contribution in [3.05, 3.63) is 71.5 Å². The molecule has 0 saturated heterocycles. The van der Waals surface area contributed by atoms with Gasteiger partial charge in [-0.25, -0.2) is 18.9 Å². The van der Waals surface area contributed by atoms with Gasteiger partial charge in [0.25, 0.3) is 5.91 Å². The monoisotopic (exact) mass is 420 g/mol. The summed E-state index contributed by atoms with van der Waals surface area (Å²) in [6.07, 6.45) is -0.977. The van der Waals surface area contributed by atoms with Crippen molar-refractivity contribution >= 4 is 11.4 Å². The number of nitrogens with one attached hydrogen (secondary N) is 1. The Morgan fingerprint density at radius 1 is 1.30 bits per heavy atom. The fourth-order valence-corrected chi connectivity index (χ4v) is 3.66. The average Bonchev–Trinajstić information content (AvgIpc) is 3.44. The number of halogens is 4. The minimum absolute atomic E-state index is 0.0764. The summed E-state index contributed by atoms with van der Waals surface area (Å²) in [5, 5.41) is 4.32. The zero-order valence-electron chi connectivity index (χ0n) is 15.0. The molecule has 1 N–H and O–H groups in total. The van der Waals surface area contributed by atoms with Crippen LogP contribution in [0.25, 0.3) is 5.52 Å². The van der Waals surface area contributed by atoms with Crippen LogP contribution in [0.3, 0.4) is 0 Å². The van der Waals surface area contributed by atoms with Gasteiger partial charge in [-0.3, -0.25) is 4.79 Å². The molecule has 1 aliphatic rings. The highest BCUT2D eigenvalue weighted by molar-refractivity contribution is 5.93. The number of alkyl halides is 3. The Balaban J connectivity index is 1.63. The van der Waals surface area contributed by atoms with Gasteiger partial charge in [0.1, 0.15) is 17.4 Å². The number of H-pyrrole nitrogens is 1. The van der Waals surface area contributed by atoms with Crippen molar-refractivity contribution in [2.24, 2.45) is 0 Å². The van der Waals surface area contributed by atoms with Gasteiger partial charge in [0, 0.05) is 24.9 Å². The van der Waals surface area contributed by atoms with Crippen LogP contribution in [-0.2, 0) is 12.6 Å². The fourth-order valence-electron chi connectivity index (χ4n) is 3.66. The molecule has 0 saturated carbocycles. The van der Waals surface area contributed by atoms with Crippen LogP contribution >= 0.6 is 0 Å². The molecule has 0 unspecified atom stereocenters. The molecule has 8 nitrogen and oxygen atoms in total. The van der Waals surface area contributed by atoms with E-state index in [2.05, 4.69) is 20.1 Å². The van der Waals surface area contributed by atoms with Gasteiger partial charge in [-0.2, -0.15) is 18.3 Å². The summed E-state index contributed by atoms with van der Waals surface area (Å²) in [5.41, 5.74) is 0.162. The first kappa shape index (κ1) is 18.3. The molecule has 1 atom stereocenters. The molecule has 0 spiro atoms. The lowest BCUT2D eigenvalue weighted by Crippen LogP contribution is -2.41. The molecule has 30 heavy (non-hydrogen) atoms. The standard InChI is InChI=1S/C18H12F4N6O2/c19-9-2-1-4-28-12(9)6-11(26-28)14-13-10(23-7-24-13)3-5-27(14)17(29)15-16(18(20,21)22)25-8-30-15/h1-2,4,6-8,14H,3,5H2,(H,23,24)/t14-/m0/s1. The van der Waals surface area contributed by atoms with Gasteiger partial charge >= 0.3 is 6.18 Å². The summed E-state index contributed by atoms with van der Waals surface area (Å²) in [5.74, 6) is -2.45. The molecule has 4 aromatic rings. The number of imidazole rings is 1. The number of fused-ring (bicyclic) bond motifs is 2. The maximum absolute atomic E-state index is 14.2. The number of amides is 1. The van der Waals surface area contributed by atoms with Crippen molar-refractivity contribution in [1.29, 1.82) is 0 Å². The van der Waals surface area contributed by atoms with Gasteiger partial charge in [-0.15, -0.1) is 0 Å². The van der Waals surface area contributed by atoms with Gasteiger partial charge in [0.15, 0.2) is 12.1 Å². The van der Waals surface area contributed by atoms with Crippen LogP contribution in [0.15, 0.2) is 41.5 Å². The van der Waals surface area contributed by atoms with E-state index in [1.165, 1.54) is 40.1 Å². The Kier molecular flexibility index (Phi) is 3.91. The lowest BCUT2D eigenvalue weighted by atomic mass is 9.99. The zero-order chi connectivity index (χ0) is 21.0. The molecular weight excluding hydrogens is 408 g/mol. The molecule has 0 aliphatic carbocycles. The maximum atomic E-state index is 14.2. The largest absolute Gasteiger partial charge is 0.438 e. The van der Waals surface area contributed by atoms with Crippen LogP contribution in [0.1, 0.15) is 39.4 Å². The van der Waals surface area contributed by atoms with Gasteiger partial charge in [0.05, 0.1) is 17.7 Å². The molecule has 0 fully saturated rings. The number of carbonyl (C=O) groups excluding carboxylic acids is 1. The second-order valence-electron chi connectivity index (χ2n) is 6.70. The molecule has 1 amide bonds. The second kappa shape index (κ2) is 6.40. The predicted molar refractivity (Wildman–Crippen MR) is 91.8 cm³/mol. The summed E-state index contributed by atoms with van der Waals surface area (Å²) in [6, 6.07) is 3.23. The first-order chi connectivity index (χ1) is 14.3. The highest BCUT2D eigenvalue weighted by Crippen LogP contribution is 2.37. The molecule has 0 radical (unpaired) electrons. The zero-order valence-corrected chi connectivity index (χ0v) is 15.0. The Morgan fingerprint density at radius 2 is 2.13 bits per heavy atom. The summed E-state index contributed by atoms with van der Waals surface area (Å²) < 4.78 is 60.0. The van der Waals surface area contributed by atoms with Gasteiger partial charge in [-0.05, 0) is 18.2 Å². The molecule has 0 aromatic carbocycles. The molecule has 1 aliphatic heterocycles. The third-order valence-corrected chi connectivity index (χ3v) is 4.97. The van der Waals surface area contributed by atoms with Crippen LogP contribution in [0.5, 0.6) is 0 Å². The Hall–Kier alpha value is -3.70. The molecule has 5 heterocycles. The number of rotatable bonds is 2. The van der Waals surface area contributed by atoms with E-state index in [1.54, 1.807) is 0 Å². The highest BCUT2D eigenvalue weighted by Gasteiger charge is 2.44. The van der Waals surface area contributed by atoms with Crippen LogP contribution in [0, 0.1) is 5.82 Å². The highest BCUT2D eigenvalue weighted by atomic mass is 19.4. The van der Waals surface area contributed by atoms with E-state index < -0.39 is 35.4 Å². The number of pyridine rings is 1. The quantitative estimate of drug-likeness (QED) is 0.504. The topological polar surface area (TPSA) is 92.3 Å². The number of carbonyl (C=O) groups is 1. The van der Waals surface area contributed by atoms with Crippen molar-refractivity contribution < 1.29 is 26.8 Å². The summed E-state index contributed by atoms with van der Waals surface area (Å²) in [6.45, 7) is 0.0764. The number of aromatic amines is 1. The van der Waals surface area contributed by atoms with Crippen molar-refractivity contribution in [3.63, 3.8) is 0 Å². The minimum Gasteiger partial charge on any atom is -0.438 e. The van der Waals surface area contributed by atoms with E-state index in [9.17, 15) is 22.4 Å². The van der Waals surface area contributed by atoms with Crippen molar-refractivity contribution in [2.45, 2.75) is 18.6 Å². The molecule has 5 rings (SSSR count). The van der Waals surface area contributed by atoms with E-state index in [0.29, 0.717) is 18.5 Å². The number of oxazole rings is 1. The van der Waals surface area contributed by atoms with E-state index in [0.717, 1.165) is 5.69 Å². The minimum atomic E-state index is -4.85. The van der Waals surface area contributed by atoms with Gasteiger partial charge < -0.3 is 14.3 Å². The molecule has 12 heteroatoms. The predicted octanol–water partition coefficient (Wildman–Crippen LogP) is 2.99. The van der Waals surface area contributed by atoms with Crippen LogP contribution in [-0.4, -0.2) is 41.9 Å².